The van der Waals surface area contributed by atoms with Gasteiger partial charge < -0.3 is 0 Å². The zero-order valence-electron chi connectivity index (χ0n) is 12.7. The van der Waals surface area contributed by atoms with E-state index in [1.807, 2.05) is 12.3 Å². The zero-order valence-corrected chi connectivity index (χ0v) is 12.7. The molecule has 0 aliphatic rings. The van der Waals surface area contributed by atoms with Gasteiger partial charge in [-0.1, -0.05) is 48.5 Å². The van der Waals surface area contributed by atoms with Crippen molar-refractivity contribution in [2.75, 3.05) is 0 Å². The smallest absolute Gasteiger partial charge is 0.0974 e. The van der Waals surface area contributed by atoms with E-state index < -0.39 is 0 Å². The molecule has 2 heteroatoms. The van der Waals surface area contributed by atoms with Gasteiger partial charge in [-0.25, -0.2) is 0 Å². The van der Waals surface area contributed by atoms with Gasteiger partial charge in [0.2, 0.25) is 0 Å². The molecule has 0 atom stereocenters. The molecule has 4 rings (SSSR count). The summed E-state index contributed by atoms with van der Waals surface area (Å²) in [6, 6.07) is 18.8. The lowest BCUT2D eigenvalue weighted by molar-refractivity contribution is 1.17. The lowest BCUT2D eigenvalue weighted by Crippen LogP contribution is -1.96. The maximum absolute atomic E-state index is 4.86. The summed E-state index contributed by atoms with van der Waals surface area (Å²) < 4.78 is 0. The molecule has 0 fully saturated rings. The standard InChI is InChI=1S/C20H16N2/c1-13-14(2)22-20(18-10-6-5-8-16(13)18)19-17-9-4-3-7-15(17)11-12-21-19/h3-12H,1-2H3. The van der Waals surface area contributed by atoms with Gasteiger partial charge in [0.25, 0.3) is 0 Å². The van der Waals surface area contributed by atoms with Gasteiger partial charge in [-0.05, 0) is 36.2 Å². The predicted molar refractivity (Wildman–Crippen MR) is 92.0 cm³/mol. The molecule has 0 saturated heterocycles. The first kappa shape index (κ1) is 13.0. The van der Waals surface area contributed by atoms with E-state index in [1.165, 1.54) is 16.3 Å². The zero-order chi connectivity index (χ0) is 15.1. The summed E-state index contributed by atoms with van der Waals surface area (Å²) in [6.45, 7) is 4.20. The Labute approximate surface area is 129 Å². The van der Waals surface area contributed by atoms with Crippen molar-refractivity contribution in [3.63, 3.8) is 0 Å². The van der Waals surface area contributed by atoms with Gasteiger partial charge >= 0.3 is 0 Å². The minimum Gasteiger partial charge on any atom is -0.254 e. The Morgan fingerprint density at radius 2 is 1.36 bits per heavy atom. The molecule has 0 saturated carbocycles. The topological polar surface area (TPSA) is 25.8 Å². The highest BCUT2D eigenvalue weighted by molar-refractivity contribution is 6.03. The fourth-order valence-corrected chi connectivity index (χ4v) is 3.01. The van der Waals surface area contributed by atoms with Gasteiger partial charge in [-0.15, -0.1) is 0 Å². The van der Waals surface area contributed by atoms with Crippen LogP contribution in [0.1, 0.15) is 11.3 Å². The Balaban J connectivity index is 2.16. The first-order chi connectivity index (χ1) is 10.8. The number of aryl methyl sites for hydroxylation is 2. The summed E-state index contributed by atoms with van der Waals surface area (Å²) in [7, 11) is 0. The third-order valence-corrected chi connectivity index (χ3v) is 4.31. The highest BCUT2D eigenvalue weighted by Crippen LogP contribution is 2.32. The van der Waals surface area contributed by atoms with Crippen LogP contribution in [-0.4, -0.2) is 9.97 Å². The van der Waals surface area contributed by atoms with Crippen LogP contribution in [0.15, 0.2) is 60.8 Å². The molecule has 0 aliphatic heterocycles. The first-order valence-electron chi connectivity index (χ1n) is 7.46. The molecule has 0 bridgehead atoms. The second-order valence-corrected chi connectivity index (χ2v) is 5.60. The van der Waals surface area contributed by atoms with Crippen molar-refractivity contribution in [2.24, 2.45) is 0 Å². The number of rotatable bonds is 1. The fourth-order valence-electron chi connectivity index (χ4n) is 3.01. The SMILES string of the molecule is Cc1nc(-c2nccc3ccccc23)c2ccccc2c1C. The quantitative estimate of drug-likeness (QED) is 0.488. The number of fused-ring (bicyclic) bond motifs is 2. The molecule has 0 amide bonds. The van der Waals surface area contributed by atoms with Gasteiger partial charge in [0, 0.05) is 22.7 Å². The lowest BCUT2D eigenvalue weighted by Gasteiger charge is -2.12. The summed E-state index contributed by atoms with van der Waals surface area (Å²) in [5.41, 5.74) is 4.22. The van der Waals surface area contributed by atoms with Crippen molar-refractivity contribution in [1.82, 2.24) is 9.97 Å². The van der Waals surface area contributed by atoms with Crippen molar-refractivity contribution >= 4 is 21.5 Å². The number of hydrogen-bond acceptors (Lipinski definition) is 2. The Hall–Kier alpha value is -2.74. The van der Waals surface area contributed by atoms with E-state index in [-0.39, 0.29) is 0 Å². The normalized spacial score (nSPS) is 11.2. The predicted octanol–water partition coefficient (Wildman–Crippen LogP) is 5.07. The first-order valence-corrected chi connectivity index (χ1v) is 7.46. The van der Waals surface area contributed by atoms with Gasteiger partial charge in [-0.3, -0.25) is 9.97 Å². The van der Waals surface area contributed by atoms with Crippen LogP contribution in [0.3, 0.4) is 0 Å². The van der Waals surface area contributed by atoms with Crippen LogP contribution in [0.2, 0.25) is 0 Å². The molecule has 0 spiro atoms. The number of nitrogens with zero attached hydrogens (tertiary/aromatic N) is 2. The van der Waals surface area contributed by atoms with Crippen LogP contribution >= 0.6 is 0 Å². The van der Waals surface area contributed by atoms with Crippen molar-refractivity contribution in [2.45, 2.75) is 13.8 Å². The maximum atomic E-state index is 4.86. The minimum atomic E-state index is 0.956. The van der Waals surface area contributed by atoms with E-state index in [1.54, 1.807) is 0 Å². The van der Waals surface area contributed by atoms with Crippen LogP contribution in [-0.2, 0) is 0 Å². The third kappa shape index (κ3) is 1.88. The largest absolute Gasteiger partial charge is 0.254 e. The lowest BCUT2D eigenvalue weighted by atomic mass is 9.99. The summed E-state index contributed by atoms with van der Waals surface area (Å²) in [6.07, 6.45) is 1.86. The molecule has 106 valence electrons. The highest BCUT2D eigenvalue weighted by atomic mass is 14.8. The average Bonchev–Trinajstić information content (AvgIpc) is 2.58. The second-order valence-electron chi connectivity index (χ2n) is 5.60. The summed E-state index contributed by atoms with van der Waals surface area (Å²) in [4.78, 5) is 9.49. The molecule has 4 aromatic rings. The van der Waals surface area contributed by atoms with E-state index in [2.05, 4.69) is 67.4 Å². The number of hydrogen-bond donors (Lipinski definition) is 0. The van der Waals surface area contributed by atoms with Crippen LogP contribution in [0.5, 0.6) is 0 Å². The third-order valence-electron chi connectivity index (χ3n) is 4.31. The molecule has 0 aliphatic carbocycles. The molecule has 0 N–H and O–H groups in total. The van der Waals surface area contributed by atoms with Gasteiger partial charge in [-0.2, -0.15) is 0 Å². The molecular formula is C20H16N2. The molecule has 2 aromatic carbocycles. The molecule has 0 unspecified atom stereocenters. The number of pyridine rings is 2. The van der Waals surface area contributed by atoms with Gasteiger partial charge in [0.05, 0.1) is 11.4 Å². The van der Waals surface area contributed by atoms with Crippen LogP contribution < -0.4 is 0 Å². The molecular weight excluding hydrogens is 268 g/mol. The van der Waals surface area contributed by atoms with Crippen molar-refractivity contribution in [1.29, 1.82) is 0 Å². The van der Waals surface area contributed by atoms with Crippen molar-refractivity contribution < 1.29 is 0 Å². The summed E-state index contributed by atoms with van der Waals surface area (Å²) in [5, 5.41) is 4.75. The van der Waals surface area contributed by atoms with E-state index in [0.29, 0.717) is 0 Å². The molecule has 2 heterocycles. The Morgan fingerprint density at radius 1 is 0.682 bits per heavy atom. The maximum Gasteiger partial charge on any atom is 0.0974 e. The molecule has 2 aromatic heterocycles. The van der Waals surface area contributed by atoms with Crippen LogP contribution in [0, 0.1) is 13.8 Å². The van der Waals surface area contributed by atoms with E-state index in [9.17, 15) is 0 Å². The van der Waals surface area contributed by atoms with E-state index in [4.69, 9.17) is 4.98 Å². The molecule has 22 heavy (non-hydrogen) atoms. The Morgan fingerprint density at radius 3 is 2.18 bits per heavy atom. The van der Waals surface area contributed by atoms with E-state index >= 15 is 0 Å². The average molecular weight is 284 g/mol. The fraction of sp³-hybridized carbons (Fsp3) is 0.100. The number of aromatic nitrogens is 2. The highest BCUT2D eigenvalue weighted by Gasteiger charge is 2.13. The van der Waals surface area contributed by atoms with Crippen molar-refractivity contribution in [3.8, 4) is 11.4 Å². The molecule has 2 nitrogen and oxygen atoms in total. The van der Waals surface area contributed by atoms with Gasteiger partial charge in [0.1, 0.15) is 0 Å². The van der Waals surface area contributed by atoms with Crippen LogP contribution in [0.4, 0.5) is 0 Å². The monoisotopic (exact) mass is 284 g/mol. The van der Waals surface area contributed by atoms with Crippen molar-refractivity contribution in [3.05, 3.63) is 72.1 Å². The Kier molecular flexibility index (Phi) is 2.90. The number of benzene rings is 2. The second kappa shape index (κ2) is 4.92. The van der Waals surface area contributed by atoms with E-state index in [0.717, 1.165) is 27.9 Å². The minimum absolute atomic E-state index is 0.956. The summed E-state index contributed by atoms with van der Waals surface area (Å²) >= 11 is 0. The van der Waals surface area contributed by atoms with Crippen LogP contribution in [0.25, 0.3) is 32.9 Å². The Bertz CT molecular complexity index is 998. The summed E-state index contributed by atoms with van der Waals surface area (Å²) in [5.74, 6) is 0. The molecule has 0 radical (unpaired) electrons. The van der Waals surface area contributed by atoms with Gasteiger partial charge in [0.15, 0.2) is 0 Å².